The van der Waals surface area contributed by atoms with E-state index in [1.165, 1.54) is 4.90 Å². The number of piperidine rings is 1. The number of carbonyl (C=O) groups is 2. The Bertz CT molecular complexity index is 998. The van der Waals surface area contributed by atoms with Crippen LogP contribution in [0.25, 0.3) is 0 Å². The average Bonchev–Trinajstić information content (AvgIpc) is 3.22. The second-order valence-electron chi connectivity index (χ2n) is 7.80. The van der Waals surface area contributed by atoms with E-state index in [-0.39, 0.29) is 37.4 Å². The van der Waals surface area contributed by atoms with Crippen LogP contribution in [-0.2, 0) is 17.9 Å². The van der Waals surface area contributed by atoms with Crippen molar-refractivity contribution in [2.45, 2.75) is 32.1 Å². The van der Waals surface area contributed by atoms with Gasteiger partial charge < -0.3 is 14.4 Å². The highest BCUT2D eigenvalue weighted by Gasteiger charge is 2.47. The number of halogens is 1. The Morgan fingerprint density at radius 2 is 1.87 bits per heavy atom. The number of benzene rings is 2. The first-order valence-corrected chi connectivity index (χ1v) is 10.5. The van der Waals surface area contributed by atoms with Crippen molar-refractivity contribution in [2.24, 2.45) is 5.92 Å². The zero-order chi connectivity index (χ0) is 20.7. The van der Waals surface area contributed by atoms with Gasteiger partial charge in [-0.2, -0.15) is 0 Å². The summed E-state index contributed by atoms with van der Waals surface area (Å²) in [6.45, 7) is 1.56. The van der Waals surface area contributed by atoms with Gasteiger partial charge in [0.1, 0.15) is 0 Å². The summed E-state index contributed by atoms with van der Waals surface area (Å²) in [6, 6.07) is 12.7. The van der Waals surface area contributed by atoms with Crippen molar-refractivity contribution < 1.29 is 19.1 Å². The molecule has 8 heteroatoms. The number of ether oxygens (including phenoxy) is 2. The van der Waals surface area contributed by atoms with Crippen LogP contribution in [0.5, 0.6) is 11.5 Å². The zero-order valence-electron chi connectivity index (χ0n) is 16.3. The number of nitrogens with one attached hydrogen (secondary N) is 1. The van der Waals surface area contributed by atoms with Gasteiger partial charge in [-0.1, -0.05) is 29.8 Å². The third-order valence-corrected chi connectivity index (χ3v) is 6.08. The molecule has 3 heterocycles. The standard InChI is InChI=1S/C22H22ClN3O4/c23-16-4-1-3-14(9-16)11-25-20-17(5-2-8-24-20)21(27)26(22(25)28)12-15-6-7-18-19(10-15)30-13-29-18/h1,3-4,6-7,9-10,17,20,24H,2,5,8,11-13H2. The Hall–Kier alpha value is -2.77. The predicted molar refractivity (Wildman–Crippen MR) is 110 cm³/mol. The van der Waals surface area contributed by atoms with Gasteiger partial charge in [0, 0.05) is 11.6 Å². The molecule has 3 aliphatic heterocycles. The maximum atomic E-state index is 13.4. The number of carbonyl (C=O) groups excluding carboxylic acids is 2. The second kappa shape index (κ2) is 7.81. The maximum Gasteiger partial charge on any atom is 0.328 e. The molecule has 7 nitrogen and oxygen atoms in total. The second-order valence-corrected chi connectivity index (χ2v) is 8.24. The third kappa shape index (κ3) is 3.48. The Morgan fingerprint density at radius 3 is 2.73 bits per heavy atom. The van der Waals surface area contributed by atoms with Gasteiger partial charge in [-0.15, -0.1) is 0 Å². The minimum Gasteiger partial charge on any atom is -0.454 e. The van der Waals surface area contributed by atoms with Crippen molar-refractivity contribution in [3.8, 4) is 11.5 Å². The summed E-state index contributed by atoms with van der Waals surface area (Å²) in [7, 11) is 0. The number of amides is 3. The van der Waals surface area contributed by atoms with E-state index in [4.69, 9.17) is 21.1 Å². The summed E-state index contributed by atoms with van der Waals surface area (Å²) in [5, 5.41) is 4.00. The number of imide groups is 1. The lowest BCUT2D eigenvalue weighted by atomic mass is 9.91. The lowest BCUT2D eigenvalue weighted by molar-refractivity contribution is -0.142. The number of nitrogens with zero attached hydrogens (tertiary/aromatic N) is 2. The van der Waals surface area contributed by atoms with Crippen LogP contribution < -0.4 is 14.8 Å². The van der Waals surface area contributed by atoms with Gasteiger partial charge in [-0.05, 0) is 54.8 Å². The fourth-order valence-corrected chi connectivity index (χ4v) is 4.60. The molecule has 2 fully saturated rings. The molecule has 0 aliphatic carbocycles. The number of hydrogen-bond acceptors (Lipinski definition) is 5. The van der Waals surface area contributed by atoms with Gasteiger partial charge in [-0.3, -0.25) is 15.0 Å². The monoisotopic (exact) mass is 427 g/mol. The first-order chi connectivity index (χ1) is 14.6. The number of rotatable bonds is 4. The third-order valence-electron chi connectivity index (χ3n) is 5.84. The molecule has 5 rings (SSSR count). The van der Waals surface area contributed by atoms with E-state index >= 15 is 0 Å². The fourth-order valence-electron chi connectivity index (χ4n) is 4.39. The molecule has 156 valence electrons. The van der Waals surface area contributed by atoms with Crippen molar-refractivity contribution in [2.75, 3.05) is 13.3 Å². The Kier molecular flexibility index (Phi) is 5.00. The molecule has 30 heavy (non-hydrogen) atoms. The lowest BCUT2D eigenvalue weighted by Gasteiger charge is -2.47. The summed E-state index contributed by atoms with van der Waals surface area (Å²) in [6.07, 6.45) is 1.36. The Morgan fingerprint density at radius 1 is 1.03 bits per heavy atom. The molecule has 0 bridgehead atoms. The topological polar surface area (TPSA) is 71.1 Å². The van der Waals surface area contributed by atoms with Crippen LogP contribution in [0.4, 0.5) is 4.79 Å². The van der Waals surface area contributed by atoms with Crippen molar-refractivity contribution in [3.63, 3.8) is 0 Å². The van der Waals surface area contributed by atoms with Crippen LogP contribution in [0.15, 0.2) is 42.5 Å². The summed E-state index contributed by atoms with van der Waals surface area (Å²) in [5.74, 6) is 0.924. The zero-order valence-corrected chi connectivity index (χ0v) is 17.1. The van der Waals surface area contributed by atoms with Crippen LogP contribution >= 0.6 is 11.6 Å². The minimum absolute atomic E-state index is 0.128. The molecule has 1 N–H and O–H groups in total. The molecule has 0 spiro atoms. The van der Waals surface area contributed by atoms with E-state index in [1.54, 1.807) is 11.0 Å². The number of hydrogen-bond donors (Lipinski definition) is 1. The molecule has 3 aliphatic rings. The number of urea groups is 1. The molecule has 0 saturated carbocycles. The molecular formula is C22H22ClN3O4. The maximum absolute atomic E-state index is 13.4. The van der Waals surface area contributed by atoms with Crippen molar-refractivity contribution >= 4 is 23.5 Å². The highest BCUT2D eigenvalue weighted by molar-refractivity contribution is 6.30. The first-order valence-electron chi connectivity index (χ1n) is 10.1. The highest BCUT2D eigenvalue weighted by Crippen LogP contribution is 2.34. The summed E-state index contributed by atoms with van der Waals surface area (Å²) in [4.78, 5) is 29.8. The van der Waals surface area contributed by atoms with E-state index in [9.17, 15) is 9.59 Å². The van der Waals surface area contributed by atoms with Gasteiger partial charge in [0.2, 0.25) is 12.7 Å². The van der Waals surface area contributed by atoms with Gasteiger partial charge in [-0.25, -0.2) is 4.79 Å². The van der Waals surface area contributed by atoms with E-state index in [2.05, 4.69) is 5.32 Å². The van der Waals surface area contributed by atoms with Crippen LogP contribution in [-0.4, -0.2) is 41.2 Å². The van der Waals surface area contributed by atoms with Gasteiger partial charge in [0.15, 0.2) is 11.5 Å². The van der Waals surface area contributed by atoms with E-state index in [1.807, 2.05) is 36.4 Å². The normalized spacial score (nSPS) is 23.0. The summed E-state index contributed by atoms with van der Waals surface area (Å²) < 4.78 is 10.8. The minimum atomic E-state index is -0.300. The molecule has 2 unspecified atom stereocenters. The average molecular weight is 428 g/mol. The molecule has 0 aromatic heterocycles. The highest BCUT2D eigenvalue weighted by atomic mass is 35.5. The Labute approximate surface area is 179 Å². The summed E-state index contributed by atoms with van der Waals surface area (Å²) >= 11 is 6.14. The molecule has 2 atom stereocenters. The molecule has 0 radical (unpaired) electrons. The quantitative estimate of drug-likeness (QED) is 0.810. The van der Waals surface area contributed by atoms with Crippen molar-refractivity contribution in [1.82, 2.24) is 15.1 Å². The van der Waals surface area contributed by atoms with Crippen LogP contribution in [0.2, 0.25) is 5.02 Å². The van der Waals surface area contributed by atoms with Gasteiger partial charge >= 0.3 is 6.03 Å². The van der Waals surface area contributed by atoms with E-state index in [0.29, 0.717) is 23.1 Å². The molecule has 2 saturated heterocycles. The first kappa shape index (κ1) is 19.2. The predicted octanol–water partition coefficient (Wildman–Crippen LogP) is 3.36. The largest absolute Gasteiger partial charge is 0.454 e. The van der Waals surface area contributed by atoms with E-state index in [0.717, 1.165) is 30.5 Å². The van der Waals surface area contributed by atoms with Gasteiger partial charge in [0.05, 0.1) is 18.6 Å². The smallest absolute Gasteiger partial charge is 0.328 e. The van der Waals surface area contributed by atoms with Gasteiger partial charge in [0.25, 0.3) is 0 Å². The molecule has 2 aromatic rings. The van der Waals surface area contributed by atoms with Crippen LogP contribution in [0.3, 0.4) is 0 Å². The SMILES string of the molecule is O=C1C2CCCNC2N(Cc2cccc(Cl)c2)C(=O)N1Cc1ccc2c(c1)OCO2. The Balaban J connectivity index is 1.43. The van der Waals surface area contributed by atoms with Crippen LogP contribution in [0.1, 0.15) is 24.0 Å². The number of fused-ring (bicyclic) bond motifs is 2. The van der Waals surface area contributed by atoms with Crippen LogP contribution in [0, 0.1) is 5.92 Å². The fraction of sp³-hybridized carbons (Fsp3) is 0.364. The molecule has 3 amide bonds. The lowest BCUT2D eigenvalue weighted by Crippen LogP contribution is -2.66. The van der Waals surface area contributed by atoms with E-state index < -0.39 is 0 Å². The summed E-state index contributed by atoms with van der Waals surface area (Å²) in [5.41, 5.74) is 1.75. The van der Waals surface area contributed by atoms with Crippen molar-refractivity contribution in [1.29, 1.82) is 0 Å². The van der Waals surface area contributed by atoms with Crippen molar-refractivity contribution in [3.05, 3.63) is 58.6 Å². The molecule has 2 aromatic carbocycles. The molecular weight excluding hydrogens is 406 g/mol.